The van der Waals surface area contributed by atoms with Crippen molar-refractivity contribution in [3.05, 3.63) is 35.4 Å². The van der Waals surface area contributed by atoms with Gasteiger partial charge in [0, 0.05) is 19.1 Å². The van der Waals surface area contributed by atoms with Gasteiger partial charge in [-0.2, -0.15) is 0 Å². The SMILES string of the molecule is CC1(CNCC2NCCc3ccccc32)CCCC1. The van der Waals surface area contributed by atoms with Gasteiger partial charge in [0.1, 0.15) is 0 Å². The molecular weight excluding hydrogens is 232 g/mol. The number of nitrogens with one attached hydrogen (secondary N) is 2. The third kappa shape index (κ3) is 3.01. The van der Waals surface area contributed by atoms with Gasteiger partial charge in [-0.1, -0.05) is 44.0 Å². The van der Waals surface area contributed by atoms with E-state index in [0.717, 1.165) is 13.1 Å². The molecule has 19 heavy (non-hydrogen) atoms. The zero-order valence-corrected chi connectivity index (χ0v) is 12.0. The molecule has 1 heterocycles. The summed E-state index contributed by atoms with van der Waals surface area (Å²) in [6.07, 6.45) is 6.80. The molecule has 2 N–H and O–H groups in total. The van der Waals surface area contributed by atoms with Gasteiger partial charge in [-0.25, -0.2) is 0 Å². The van der Waals surface area contributed by atoms with Crippen LogP contribution in [0.15, 0.2) is 24.3 Å². The topological polar surface area (TPSA) is 24.1 Å². The second-order valence-electron chi connectivity index (χ2n) is 6.60. The van der Waals surface area contributed by atoms with Gasteiger partial charge < -0.3 is 10.6 Å². The highest BCUT2D eigenvalue weighted by molar-refractivity contribution is 5.32. The molecule has 1 fully saturated rings. The standard InChI is InChI=1S/C17H26N2/c1-17(9-4-5-10-17)13-18-12-16-15-7-3-2-6-14(15)8-11-19-16/h2-3,6-7,16,18-19H,4-5,8-13H2,1H3. The molecule has 0 spiro atoms. The molecule has 0 amide bonds. The van der Waals surface area contributed by atoms with Crippen LogP contribution in [-0.4, -0.2) is 19.6 Å². The largest absolute Gasteiger partial charge is 0.314 e. The van der Waals surface area contributed by atoms with Gasteiger partial charge in [0.15, 0.2) is 0 Å². The van der Waals surface area contributed by atoms with Crippen molar-refractivity contribution in [1.82, 2.24) is 10.6 Å². The van der Waals surface area contributed by atoms with Gasteiger partial charge in [-0.05, 0) is 42.3 Å². The van der Waals surface area contributed by atoms with Crippen LogP contribution in [0.2, 0.25) is 0 Å². The number of fused-ring (bicyclic) bond motifs is 1. The summed E-state index contributed by atoms with van der Waals surface area (Å²) in [4.78, 5) is 0. The minimum Gasteiger partial charge on any atom is -0.314 e. The van der Waals surface area contributed by atoms with E-state index in [1.54, 1.807) is 0 Å². The lowest BCUT2D eigenvalue weighted by molar-refractivity contribution is 0.306. The minimum atomic E-state index is 0.495. The molecule has 0 bridgehead atoms. The number of benzene rings is 1. The Kier molecular flexibility index (Phi) is 3.90. The second-order valence-corrected chi connectivity index (χ2v) is 6.60. The molecule has 2 nitrogen and oxygen atoms in total. The van der Waals surface area contributed by atoms with E-state index in [2.05, 4.69) is 41.8 Å². The average Bonchev–Trinajstić information content (AvgIpc) is 2.86. The maximum atomic E-state index is 3.72. The number of hydrogen-bond acceptors (Lipinski definition) is 2. The van der Waals surface area contributed by atoms with Crippen molar-refractivity contribution in [1.29, 1.82) is 0 Å². The first-order valence-electron chi connectivity index (χ1n) is 7.79. The monoisotopic (exact) mass is 258 g/mol. The normalized spacial score (nSPS) is 25.2. The van der Waals surface area contributed by atoms with Gasteiger partial charge in [0.25, 0.3) is 0 Å². The van der Waals surface area contributed by atoms with E-state index < -0.39 is 0 Å². The zero-order chi connectivity index (χ0) is 13.1. The Balaban J connectivity index is 1.56. The predicted octanol–water partition coefficient (Wildman–Crippen LogP) is 3.04. The number of hydrogen-bond donors (Lipinski definition) is 2. The molecule has 1 aromatic rings. The van der Waals surface area contributed by atoms with Crippen LogP contribution < -0.4 is 10.6 Å². The molecule has 0 saturated heterocycles. The van der Waals surface area contributed by atoms with Crippen LogP contribution in [0.1, 0.15) is 49.8 Å². The summed E-state index contributed by atoms with van der Waals surface area (Å²) in [5.41, 5.74) is 3.58. The Bertz CT molecular complexity index is 421. The molecule has 0 radical (unpaired) electrons. The summed E-state index contributed by atoms with van der Waals surface area (Å²) in [6.45, 7) is 5.79. The fraction of sp³-hybridized carbons (Fsp3) is 0.647. The van der Waals surface area contributed by atoms with Crippen molar-refractivity contribution in [3.63, 3.8) is 0 Å². The van der Waals surface area contributed by atoms with Crippen molar-refractivity contribution in [2.75, 3.05) is 19.6 Å². The molecule has 1 unspecified atom stereocenters. The molecule has 1 atom stereocenters. The summed E-state index contributed by atoms with van der Waals surface area (Å²) < 4.78 is 0. The first-order chi connectivity index (χ1) is 9.27. The van der Waals surface area contributed by atoms with Gasteiger partial charge in [-0.3, -0.25) is 0 Å². The average molecular weight is 258 g/mol. The zero-order valence-electron chi connectivity index (χ0n) is 12.0. The highest BCUT2D eigenvalue weighted by Gasteiger charge is 2.28. The summed E-state index contributed by atoms with van der Waals surface area (Å²) in [6, 6.07) is 9.38. The molecule has 3 rings (SSSR count). The van der Waals surface area contributed by atoms with Crippen molar-refractivity contribution in [2.24, 2.45) is 5.41 Å². The van der Waals surface area contributed by atoms with Crippen LogP contribution in [-0.2, 0) is 6.42 Å². The van der Waals surface area contributed by atoms with E-state index in [1.807, 2.05) is 0 Å². The lowest BCUT2D eigenvalue weighted by Crippen LogP contribution is -2.39. The van der Waals surface area contributed by atoms with E-state index >= 15 is 0 Å². The van der Waals surface area contributed by atoms with Crippen molar-refractivity contribution in [2.45, 2.75) is 45.1 Å². The predicted molar refractivity (Wildman–Crippen MR) is 80.3 cm³/mol. The third-order valence-corrected chi connectivity index (χ3v) is 4.93. The summed E-state index contributed by atoms with van der Waals surface area (Å²) >= 11 is 0. The maximum Gasteiger partial charge on any atom is 0.0449 e. The Labute approximate surface area is 117 Å². The lowest BCUT2D eigenvalue weighted by atomic mass is 9.88. The van der Waals surface area contributed by atoms with E-state index in [0.29, 0.717) is 11.5 Å². The van der Waals surface area contributed by atoms with Crippen LogP contribution in [0, 0.1) is 5.41 Å². The van der Waals surface area contributed by atoms with Gasteiger partial charge in [0.2, 0.25) is 0 Å². The Hall–Kier alpha value is -0.860. The van der Waals surface area contributed by atoms with Gasteiger partial charge >= 0.3 is 0 Å². The third-order valence-electron chi connectivity index (χ3n) is 4.93. The van der Waals surface area contributed by atoms with Crippen LogP contribution in [0.3, 0.4) is 0 Å². The Morgan fingerprint density at radius 3 is 2.89 bits per heavy atom. The quantitative estimate of drug-likeness (QED) is 0.867. The van der Waals surface area contributed by atoms with E-state index in [9.17, 15) is 0 Å². The van der Waals surface area contributed by atoms with Crippen LogP contribution >= 0.6 is 0 Å². The summed E-state index contributed by atoms with van der Waals surface area (Å²) in [5, 5.41) is 7.37. The van der Waals surface area contributed by atoms with Crippen LogP contribution in [0.5, 0.6) is 0 Å². The second kappa shape index (κ2) is 5.64. The fourth-order valence-corrected chi connectivity index (χ4v) is 3.70. The molecule has 2 heteroatoms. The van der Waals surface area contributed by atoms with Crippen molar-refractivity contribution >= 4 is 0 Å². The molecule has 1 saturated carbocycles. The fourth-order valence-electron chi connectivity index (χ4n) is 3.70. The van der Waals surface area contributed by atoms with Crippen molar-refractivity contribution in [3.8, 4) is 0 Å². The summed E-state index contributed by atoms with van der Waals surface area (Å²) in [7, 11) is 0. The molecule has 1 aliphatic heterocycles. The van der Waals surface area contributed by atoms with Crippen LogP contribution in [0.4, 0.5) is 0 Å². The molecule has 0 aromatic heterocycles. The minimum absolute atomic E-state index is 0.495. The first-order valence-corrected chi connectivity index (χ1v) is 7.79. The Morgan fingerprint density at radius 2 is 2.05 bits per heavy atom. The number of rotatable bonds is 4. The van der Waals surface area contributed by atoms with Crippen LogP contribution in [0.25, 0.3) is 0 Å². The van der Waals surface area contributed by atoms with Crippen molar-refractivity contribution < 1.29 is 0 Å². The van der Waals surface area contributed by atoms with Gasteiger partial charge in [0.05, 0.1) is 0 Å². The smallest absolute Gasteiger partial charge is 0.0449 e. The van der Waals surface area contributed by atoms with E-state index in [1.165, 1.54) is 49.8 Å². The first kappa shape index (κ1) is 13.1. The molecule has 104 valence electrons. The lowest BCUT2D eigenvalue weighted by Gasteiger charge is -2.29. The van der Waals surface area contributed by atoms with Gasteiger partial charge in [-0.15, -0.1) is 0 Å². The highest BCUT2D eigenvalue weighted by Crippen LogP contribution is 2.36. The molecule has 1 aromatic carbocycles. The van der Waals surface area contributed by atoms with E-state index in [-0.39, 0.29) is 0 Å². The molecule has 1 aliphatic carbocycles. The summed E-state index contributed by atoms with van der Waals surface area (Å²) in [5.74, 6) is 0. The Morgan fingerprint density at radius 1 is 1.26 bits per heavy atom. The molecule has 2 aliphatic rings. The highest BCUT2D eigenvalue weighted by atomic mass is 15.0. The van der Waals surface area contributed by atoms with E-state index in [4.69, 9.17) is 0 Å². The molecular formula is C17H26N2. The maximum absolute atomic E-state index is 3.72.